The number of rotatable bonds is 8. The van der Waals surface area contributed by atoms with Crippen LogP contribution in [0.15, 0.2) is 18.2 Å². The molecule has 0 aliphatic heterocycles. The summed E-state index contributed by atoms with van der Waals surface area (Å²) in [5.41, 5.74) is 1.17. The highest BCUT2D eigenvalue weighted by Gasteiger charge is 2.25. The Bertz CT molecular complexity index is 618. The van der Waals surface area contributed by atoms with Crippen LogP contribution in [-0.4, -0.2) is 24.5 Å². The molecule has 0 spiro atoms. The molecule has 6 heteroatoms. The number of fused-ring (bicyclic) bond motifs is 1. The molecular formula is C16H24I2N2OSi. The van der Waals surface area contributed by atoms with Crippen LogP contribution in [0.1, 0.15) is 20.8 Å². The van der Waals surface area contributed by atoms with Gasteiger partial charge in [-0.3, -0.25) is 0 Å². The third-order valence-electron chi connectivity index (χ3n) is 4.91. The van der Waals surface area contributed by atoms with Gasteiger partial charge in [0.05, 0.1) is 13.6 Å². The maximum atomic E-state index is 5.97. The molecule has 1 aromatic heterocycles. The molecule has 122 valence electrons. The van der Waals surface area contributed by atoms with Crippen molar-refractivity contribution in [2.24, 2.45) is 0 Å². The van der Waals surface area contributed by atoms with Crippen molar-refractivity contribution in [3.05, 3.63) is 25.5 Å². The van der Waals surface area contributed by atoms with Crippen molar-refractivity contribution in [3.63, 3.8) is 0 Å². The van der Waals surface area contributed by atoms with Gasteiger partial charge in [0.25, 0.3) is 0 Å². The highest BCUT2D eigenvalue weighted by molar-refractivity contribution is 14.1. The Morgan fingerprint density at radius 3 is 2.45 bits per heavy atom. The van der Waals surface area contributed by atoms with E-state index in [1.54, 1.807) is 0 Å². The minimum atomic E-state index is -1.07. The lowest BCUT2D eigenvalue weighted by molar-refractivity contribution is 0.0812. The van der Waals surface area contributed by atoms with E-state index in [1.165, 1.54) is 38.6 Å². The summed E-state index contributed by atoms with van der Waals surface area (Å²) < 4.78 is 10.2. The van der Waals surface area contributed by atoms with E-state index in [9.17, 15) is 0 Å². The third-order valence-corrected chi connectivity index (χ3v) is 12.1. The van der Waals surface area contributed by atoms with E-state index in [0.717, 1.165) is 10.3 Å². The zero-order valence-electron chi connectivity index (χ0n) is 13.5. The summed E-state index contributed by atoms with van der Waals surface area (Å²) in [7, 11) is -1.07. The molecule has 0 N–H and O–H groups in total. The van der Waals surface area contributed by atoms with E-state index in [-0.39, 0.29) is 0 Å². The Morgan fingerprint density at radius 2 is 1.82 bits per heavy atom. The van der Waals surface area contributed by atoms with Crippen molar-refractivity contribution in [3.8, 4) is 0 Å². The van der Waals surface area contributed by atoms with Crippen LogP contribution in [0.5, 0.6) is 0 Å². The standard InChI is InChI=1S/C16H24I2N2OSi/c1-4-22(5-2,6-3)10-9-21-12-20-15-11-13(17)7-8-14(15)16(18)19-20/h7-8,11H,4-6,9-10,12H2,1-3H3. The minimum Gasteiger partial charge on any atom is -0.360 e. The van der Waals surface area contributed by atoms with Crippen molar-refractivity contribution in [1.29, 1.82) is 0 Å². The molecule has 0 aliphatic carbocycles. The SMILES string of the molecule is CC[Si](CC)(CC)CCOCn1nc(I)c2ccc(I)cc21. The maximum Gasteiger partial charge on any atom is 0.140 e. The summed E-state index contributed by atoms with van der Waals surface area (Å²) in [6.07, 6.45) is 0. The smallest absolute Gasteiger partial charge is 0.140 e. The van der Waals surface area contributed by atoms with Crippen LogP contribution in [0.4, 0.5) is 0 Å². The van der Waals surface area contributed by atoms with Gasteiger partial charge in [-0.15, -0.1) is 0 Å². The van der Waals surface area contributed by atoms with Gasteiger partial charge in [-0.05, 0) is 69.4 Å². The van der Waals surface area contributed by atoms with E-state index in [4.69, 9.17) is 4.74 Å². The van der Waals surface area contributed by atoms with Gasteiger partial charge in [-0.25, -0.2) is 4.68 Å². The lowest BCUT2D eigenvalue weighted by atomic mass is 10.3. The first-order valence-electron chi connectivity index (χ1n) is 7.94. The van der Waals surface area contributed by atoms with Gasteiger partial charge in [0.1, 0.15) is 10.4 Å². The lowest BCUT2D eigenvalue weighted by Crippen LogP contribution is -2.32. The molecule has 0 bridgehead atoms. The van der Waals surface area contributed by atoms with Gasteiger partial charge in [-0.1, -0.05) is 38.9 Å². The Labute approximate surface area is 161 Å². The second kappa shape index (κ2) is 8.43. The van der Waals surface area contributed by atoms with Gasteiger partial charge in [0.2, 0.25) is 0 Å². The first-order valence-corrected chi connectivity index (χ1v) is 12.9. The number of ether oxygens (including phenoxy) is 1. The van der Waals surface area contributed by atoms with E-state index < -0.39 is 8.07 Å². The molecule has 0 unspecified atom stereocenters. The molecule has 0 radical (unpaired) electrons. The van der Waals surface area contributed by atoms with Gasteiger partial charge in [0.15, 0.2) is 0 Å². The van der Waals surface area contributed by atoms with Crippen molar-refractivity contribution in [1.82, 2.24) is 9.78 Å². The quantitative estimate of drug-likeness (QED) is 0.242. The molecule has 1 heterocycles. The number of benzene rings is 1. The summed E-state index contributed by atoms with van der Waals surface area (Å²) in [6.45, 7) is 8.48. The number of aromatic nitrogens is 2. The van der Waals surface area contributed by atoms with E-state index in [2.05, 4.69) is 89.3 Å². The number of hydrogen-bond donors (Lipinski definition) is 0. The normalized spacial score (nSPS) is 12.2. The second-order valence-corrected chi connectivity index (χ2v) is 13.7. The molecular weight excluding hydrogens is 518 g/mol. The molecule has 0 fully saturated rings. The van der Waals surface area contributed by atoms with Crippen LogP contribution in [0.2, 0.25) is 24.2 Å². The fourth-order valence-corrected chi connectivity index (χ4v) is 7.25. The third kappa shape index (κ3) is 4.24. The zero-order chi connectivity index (χ0) is 16.2. The molecule has 0 saturated heterocycles. The molecule has 22 heavy (non-hydrogen) atoms. The van der Waals surface area contributed by atoms with Crippen LogP contribution in [0.25, 0.3) is 10.9 Å². The van der Waals surface area contributed by atoms with Gasteiger partial charge in [0, 0.05) is 15.6 Å². The molecule has 0 atom stereocenters. The largest absolute Gasteiger partial charge is 0.360 e. The molecule has 0 aliphatic rings. The molecule has 3 nitrogen and oxygen atoms in total. The first kappa shape index (κ1) is 18.7. The molecule has 1 aromatic carbocycles. The summed E-state index contributed by atoms with van der Waals surface area (Å²) >= 11 is 4.64. The fourth-order valence-electron chi connectivity index (χ4n) is 2.92. The highest BCUT2D eigenvalue weighted by Crippen LogP contribution is 2.25. The van der Waals surface area contributed by atoms with Crippen LogP contribution in [-0.2, 0) is 11.5 Å². The van der Waals surface area contributed by atoms with E-state index in [0.29, 0.717) is 6.73 Å². The summed E-state index contributed by atoms with van der Waals surface area (Å²) in [5.74, 6) is 0. The molecule has 2 rings (SSSR count). The predicted octanol–water partition coefficient (Wildman–Crippen LogP) is 5.73. The van der Waals surface area contributed by atoms with Crippen LogP contribution < -0.4 is 0 Å². The molecule has 0 amide bonds. The Hall–Kier alpha value is 0.327. The van der Waals surface area contributed by atoms with Crippen molar-refractivity contribution in [2.75, 3.05) is 6.61 Å². The monoisotopic (exact) mass is 542 g/mol. The van der Waals surface area contributed by atoms with E-state index >= 15 is 0 Å². The van der Waals surface area contributed by atoms with Gasteiger partial charge >= 0.3 is 0 Å². The summed E-state index contributed by atoms with van der Waals surface area (Å²) in [4.78, 5) is 0. The summed E-state index contributed by atoms with van der Waals surface area (Å²) in [6, 6.07) is 11.8. The zero-order valence-corrected chi connectivity index (χ0v) is 18.8. The van der Waals surface area contributed by atoms with Gasteiger partial charge < -0.3 is 4.74 Å². The first-order chi connectivity index (χ1) is 10.5. The fraction of sp³-hybridized carbons (Fsp3) is 0.562. The number of nitrogens with zero attached hydrogens (tertiary/aromatic N) is 2. The lowest BCUT2D eigenvalue weighted by Gasteiger charge is -2.27. The van der Waals surface area contributed by atoms with Gasteiger partial charge in [-0.2, -0.15) is 5.10 Å². The Morgan fingerprint density at radius 1 is 1.14 bits per heavy atom. The summed E-state index contributed by atoms with van der Waals surface area (Å²) in [5, 5.41) is 5.82. The Balaban J connectivity index is 1.99. The van der Waals surface area contributed by atoms with Crippen molar-refractivity contribution in [2.45, 2.75) is 51.7 Å². The average molecular weight is 542 g/mol. The number of halogens is 2. The topological polar surface area (TPSA) is 27.1 Å². The van der Waals surface area contributed by atoms with Crippen molar-refractivity contribution < 1.29 is 4.74 Å². The van der Waals surface area contributed by atoms with Crippen LogP contribution in [0, 0.1) is 7.27 Å². The Kier molecular flexibility index (Phi) is 7.15. The maximum absolute atomic E-state index is 5.97. The highest BCUT2D eigenvalue weighted by atomic mass is 127. The second-order valence-electron chi connectivity index (χ2n) is 5.80. The van der Waals surface area contributed by atoms with E-state index in [1.807, 2.05) is 4.68 Å². The molecule has 2 aromatic rings. The average Bonchev–Trinajstić information content (AvgIpc) is 2.84. The minimum absolute atomic E-state index is 0.557. The predicted molar refractivity (Wildman–Crippen MR) is 113 cm³/mol. The number of hydrogen-bond acceptors (Lipinski definition) is 2. The van der Waals surface area contributed by atoms with Crippen molar-refractivity contribution >= 4 is 64.2 Å². The van der Waals surface area contributed by atoms with Crippen LogP contribution in [0.3, 0.4) is 0 Å². The molecule has 0 saturated carbocycles. The van der Waals surface area contributed by atoms with Crippen LogP contribution >= 0.6 is 45.2 Å².